The third-order valence-electron chi connectivity index (χ3n) is 2.44. The van der Waals surface area contributed by atoms with E-state index in [0.29, 0.717) is 17.2 Å². The van der Waals surface area contributed by atoms with Gasteiger partial charge in [-0.25, -0.2) is 0 Å². The number of carbonyl (C=O) groups is 1. The van der Waals surface area contributed by atoms with Gasteiger partial charge in [0.15, 0.2) is 5.78 Å². The number of benzene rings is 1. The lowest BCUT2D eigenvalue weighted by atomic mass is 10.1. The van der Waals surface area contributed by atoms with Crippen molar-refractivity contribution in [1.82, 2.24) is 0 Å². The van der Waals surface area contributed by atoms with Crippen LogP contribution < -0.4 is 0 Å². The summed E-state index contributed by atoms with van der Waals surface area (Å²) < 4.78 is 0. The van der Waals surface area contributed by atoms with Crippen molar-refractivity contribution in [3.8, 4) is 0 Å². The smallest absolute Gasteiger partial charge is 0.151 e. The van der Waals surface area contributed by atoms with Crippen molar-refractivity contribution in [3.05, 3.63) is 34.9 Å². The fourth-order valence-electron chi connectivity index (χ4n) is 1.64. The lowest BCUT2D eigenvalue weighted by Crippen LogP contribution is -2.25. The zero-order chi connectivity index (χ0) is 11.4. The Morgan fingerprint density at radius 1 is 1.44 bits per heavy atom. The van der Waals surface area contributed by atoms with E-state index < -0.39 is 0 Å². The van der Waals surface area contributed by atoms with Crippen LogP contribution in [0, 0.1) is 0 Å². The van der Waals surface area contributed by atoms with Gasteiger partial charge in [0.05, 0.1) is 5.25 Å². The van der Waals surface area contributed by atoms with Crippen molar-refractivity contribution in [2.24, 2.45) is 0 Å². The molecule has 1 saturated heterocycles. The molecule has 1 aliphatic rings. The summed E-state index contributed by atoms with van der Waals surface area (Å²) in [6.07, 6.45) is 0.513. The van der Waals surface area contributed by atoms with Gasteiger partial charge < -0.3 is 0 Å². The Balaban J connectivity index is 1.96. The van der Waals surface area contributed by atoms with E-state index in [1.807, 2.05) is 36.0 Å². The fraction of sp³-hybridized carbons (Fsp3) is 0.417. The van der Waals surface area contributed by atoms with Gasteiger partial charge in [0.25, 0.3) is 0 Å². The molecule has 0 radical (unpaired) electrons. The van der Waals surface area contributed by atoms with Crippen LogP contribution in [0.15, 0.2) is 24.3 Å². The molecule has 0 saturated carbocycles. The predicted molar refractivity (Wildman–Crippen MR) is 73.7 cm³/mol. The van der Waals surface area contributed by atoms with Gasteiger partial charge in [0.2, 0.25) is 0 Å². The van der Waals surface area contributed by atoms with Crippen LogP contribution in [0.2, 0.25) is 5.02 Å². The molecule has 1 unspecified atom stereocenters. The van der Waals surface area contributed by atoms with Gasteiger partial charge in [-0.1, -0.05) is 23.7 Å². The Kier molecular flexibility index (Phi) is 4.62. The molecule has 1 fully saturated rings. The quantitative estimate of drug-likeness (QED) is 0.840. The standard InChI is InChI=1S/C12H13ClOS2/c13-10-3-1-2-9(6-10)7-11(14)12-8-15-4-5-16-12/h1-3,6,12H,4-5,7-8H2. The molecule has 4 heteroatoms. The molecule has 1 aromatic rings. The molecule has 16 heavy (non-hydrogen) atoms. The molecule has 0 spiro atoms. The normalized spacial score (nSPS) is 20.7. The van der Waals surface area contributed by atoms with Crippen LogP contribution in [0.5, 0.6) is 0 Å². The predicted octanol–water partition coefficient (Wildman–Crippen LogP) is 3.30. The molecule has 0 aliphatic carbocycles. The van der Waals surface area contributed by atoms with Gasteiger partial charge >= 0.3 is 0 Å². The summed E-state index contributed by atoms with van der Waals surface area (Å²) in [5.74, 6) is 3.56. The molecular formula is C12H13ClOS2. The molecule has 0 N–H and O–H groups in total. The summed E-state index contributed by atoms with van der Waals surface area (Å²) in [5, 5.41) is 0.883. The van der Waals surface area contributed by atoms with Crippen molar-refractivity contribution < 1.29 is 4.79 Å². The maximum absolute atomic E-state index is 12.0. The van der Waals surface area contributed by atoms with Gasteiger partial charge in [-0.05, 0) is 17.7 Å². The number of rotatable bonds is 3. The largest absolute Gasteiger partial charge is 0.298 e. The van der Waals surface area contributed by atoms with Gasteiger partial charge in [0, 0.05) is 28.7 Å². The van der Waals surface area contributed by atoms with Crippen molar-refractivity contribution in [2.75, 3.05) is 17.3 Å². The van der Waals surface area contributed by atoms with Crippen LogP contribution in [0.1, 0.15) is 5.56 Å². The maximum atomic E-state index is 12.0. The molecule has 1 aliphatic heterocycles. The van der Waals surface area contributed by atoms with Gasteiger partial charge in [-0.2, -0.15) is 11.8 Å². The average Bonchev–Trinajstić information content (AvgIpc) is 2.30. The average molecular weight is 273 g/mol. The molecule has 1 heterocycles. The lowest BCUT2D eigenvalue weighted by molar-refractivity contribution is -0.117. The van der Waals surface area contributed by atoms with Crippen LogP contribution in [0.3, 0.4) is 0 Å². The molecular weight excluding hydrogens is 260 g/mol. The molecule has 0 amide bonds. The molecule has 2 rings (SSSR count). The van der Waals surface area contributed by atoms with Crippen LogP contribution in [0.4, 0.5) is 0 Å². The molecule has 0 aromatic heterocycles. The molecule has 1 atom stereocenters. The first-order valence-electron chi connectivity index (χ1n) is 5.22. The van der Waals surface area contributed by atoms with Crippen LogP contribution in [0.25, 0.3) is 0 Å². The molecule has 86 valence electrons. The summed E-state index contributed by atoms with van der Waals surface area (Å²) in [7, 11) is 0. The van der Waals surface area contributed by atoms with E-state index in [9.17, 15) is 4.79 Å². The fourth-order valence-corrected chi connectivity index (χ4v) is 4.50. The first kappa shape index (κ1) is 12.3. The van der Waals surface area contributed by atoms with Crippen LogP contribution >= 0.6 is 35.1 Å². The second-order valence-corrected chi connectivity index (χ2v) is 6.60. The topological polar surface area (TPSA) is 17.1 Å². The summed E-state index contributed by atoms with van der Waals surface area (Å²) in [5.41, 5.74) is 1.02. The minimum atomic E-state index is 0.178. The Hall–Kier alpha value is -0.120. The first-order valence-corrected chi connectivity index (χ1v) is 7.80. The van der Waals surface area contributed by atoms with Gasteiger partial charge in [-0.3, -0.25) is 4.79 Å². The molecule has 1 aromatic carbocycles. The zero-order valence-corrected chi connectivity index (χ0v) is 11.2. The number of carbonyl (C=O) groups excluding carboxylic acids is 1. The summed E-state index contributed by atoms with van der Waals surface area (Å²) in [6.45, 7) is 0. The van der Waals surface area contributed by atoms with Crippen molar-refractivity contribution in [2.45, 2.75) is 11.7 Å². The Morgan fingerprint density at radius 2 is 2.31 bits per heavy atom. The minimum absolute atomic E-state index is 0.178. The number of ketones is 1. The van der Waals surface area contributed by atoms with Crippen LogP contribution in [-0.2, 0) is 11.2 Å². The van der Waals surface area contributed by atoms with E-state index in [1.54, 1.807) is 11.8 Å². The maximum Gasteiger partial charge on any atom is 0.151 e. The second kappa shape index (κ2) is 5.99. The number of hydrogen-bond acceptors (Lipinski definition) is 3. The number of halogens is 1. The highest BCUT2D eigenvalue weighted by Crippen LogP contribution is 2.25. The van der Waals surface area contributed by atoms with Crippen molar-refractivity contribution in [3.63, 3.8) is 0 Å². The van der Waals surface area contributed by atoms with Crippen molar-refractivity contribution >= 4 is 40.9 Å². The minimum Gasteiger partial charge on any atom is -0.298 e. The van der Waals surface area contributed by atoms with E-state index >= 15 is 0 Å². The SMILES string of the molecule is O=C(Cc1cccc(Cl)c1)C1CSCCS1. The second-order valence-electron chi connectivity index (χ2n) is 3.71. The number of hydrogen-bond donors (Lipinski definition) is 0. The lowest BCUT2D eigenvalue weighted by Gasteiger charge is -2.19. The highest BCUT2D eigenvalue weighted by atomic mass is 35.5. The Labute approximate surface area is 109 Å². The third-order valence-corrected chi connectivity index (χ3v) is 5.48. The van der Waals surface area contributed by atoms with E-state index in [1.165, 1.54) is 5.75 Å². The van der Waals surface area contributed by atoms with Crippen LogP contribution in [-0.4, -0.2) is 28.3 Å². The van der Waals surface area contributed by atoms with Crippen molar-refractivity contribution in [1.29, 1.82) is 0 Å². The van der Waals surface area contributed by atoms with E-state index in [0.717, 1.165) is 17.1 Å². The summed E-state index contributed by atoms with van der Waals surface area (Å²) >= 11 is 9.56. The summed E-state index contributed by atoms with van der Waals surface area (Å²) in [4.78, 5) is 12.0. The van der Waals surface area contributed by atoms with E-state index in [2.05, 4.69) is 0 Å². The Morgan fingerprint density at radius 3 is 3.00 bits per heavy atom. The Bertz CT molecular complexity index is 375. The molecule has 0 bridgehead atoms. The highest BCUT2D eigenvalue weighted by Gasteiger charge is 2.21. The van der Waals surface area contributed by atoms with Gasteiger partial charge in [0.1, 0.15) is 0 Å². The zero-order valence-electron chi connectivity index (χ0n) is 8.82. The van der Waals surface area contributed by atoms with E-state index in [4.69, 9.17) is 11.6 Å². The molecule has 1 nitrogen and oxygen atoms in total. The number of thioether (sulfide) groups is 2. The highest BCUT2D eigenvalue weighted by molar-refractivity contribution is 8.07. The summed E-state index contributed by atoms with van der Waals surface area (Å²) in [6, 6.07) is 7.57. The van der Waals surface area contributed by atoms with E-state index in [-0.39, 0.29) is 5.25 Å². The first-order chi connectivity index (χ1) is 7.75. The van der Waals surface area contributed by atoms with Gasteiger partial charge in [-0.15, -0.1) is 11.8 Å². The third kappa shape index (κ3) is 3.44. The monoisotopic (exact) mass is 272 g/mol. The number of Topliss-reactive ketones (excluding diaryl/α,β-unsaturated/α-hetero) is 1.